The first-order valence-electron chi connectivity index (χ1n) is 3.09. The van der Waals surface area contributed by atoms with Gasteiger partial charge in [0, 0.05) is 6.20 Å². The van der Waals surface area contributed by atoms with Gasteiger partial charge in [0.05, 0.1) is 5.52 Å². The predicted molar refractivity (Wildman–Crippen MR) is 39.0 cm³/mol. The molecule has 0 aromatic carbocycles. The van der Waals surface area contributed by atoms with E-state index in [1.807, 2.05) is 0 Å². The van der Waals surface area contributed by atoms with E-state index in [4.69, 9.17) is 0 Å². The Morgan fingerprint density at radius 2 is 2.45 bits per heavy atom. The van der Waals surface area contributed by atoms with Crippen molar-refractivity contribution in [3.05, 3.63) is 35.0 Å². The highest BCUT2D eigenvalue weighted by molar-refractivity contribution is 5.71. The molecule has 1 radical (unpaired) electrons. The zero-order valence-electron chi connectivity index (χ0n) is 5.53. The molecule has 4 heteroatoms. The summed E-state index contributed by atoms with van der Waals surface area (Å²) in [4.78, 5) is 21.0. The standard InChI is InChI=1S/C7H4N3O/c11-7-6-5(9-4-10-7)2-1-3-8-6/h1-3H,(H,9,10,11). The van der Waals surface area contributed by atoms with Gasteiger partial charge in [-0.1, -0.05) is 0 Å². The lowest BCUT2D eigenvalue weighted by atomic mass is 10.4. The summed E-state index contributed by atoms with van der Waals surface area (Å²) in [5.74, 6) is 0. The molecule has 4 nitrogen and oxygen atoms in total. The summed E-state index contributed by atoms with van der Waals surface area (Å²) >= 11 is 0. The van der Waals surface area contributed by atoms with Crippen LogP contribution in [-0.2, 0) is 0 Å². The summed E-state index contributed by atoms with van der Waals surface area (Å²) in [6.45, 7) is 0. The molecule has 1 N–H and O–H groups in total. The van der Waals surface area contributed by atoms with Crippen LogP contribution in [0.2, 0.25) is 0 Å². The average Bonchev–Trinajstić information content (AvgIpc) is 2.06. The Morgan fingerprint density at radius 3 is 3.27 bits per heavy atom. The van der Waals surface area contributed by atoms with Crippen LogP contribution in [-0.4, -0.2) is 15.0 Å². The molecule has 0 saturated heterocycles. The summed E-state index contributed by atoms with van der Waals surface area (Å²) in [6.07, 6.45) is 3.93. The van der Waals surface area contributed by atoms with Gasteiger partial charge >= 0.3 is 0 Å². The first kappa shape index (κ1) is 6.03. The molecule has 0 spiro atoms. The molecule has 0 aliphatic rings. The lowest BCUT2D eigenvalue weighted by Gasteiger charge is -1.89. The summed E-state index contributed by atoms with van der Waals surface area (Å²) in [6, 6.07) is 3.44. The maximum Gasteiger partial charge on any atom is 0.277 e. The van der Waals surface area contributed by atoms with E-state index in [1.165, 1.54) is 0 Å². The van der Waals surface area contributed by atoms with Gasteiger partial charge in [-0.05, 0) is 12.1 Å². The van der Waals surface area contributed by atoms with E-state index in [0.29, 0.717) is 11.0 Å². The van der Waals surface area contributed by atoms with Gasteiger partial charge in [-0.3, -0.25) is 4.79 Å². The molecule has 2 aromatic heterocycles. The van der Waals surface area contributed by atoms with Crippen LogP contribution in [0, 0.1) is 6.33 Å². The molecule has 11 heavy (non-hydrogen) atoms. The minimum atomic E-state index is -0.254. The van der Waals surface area contributed by atoms with Crippen molar-refractivity contribution in [1.29, 1.82) is 0 Å². The third kappa shape index (κ3) is 0.881. The summed E-state index contributed by atoms with van der Waals surface area (Å²) < 4.78 is 0. The SMILES string of the molecule is O=c1[nH][c]nc2cccnc12. The molecule has 0 unspecified atom stereocenters. The minimum absolute atomic E-state index is 0.254. The smallest absolute Gasteiger partial charge is 0.277 e. The Balaban J connectivity index is 3.03. The quantitative estimate of drug-likeness (QED) is 0.574. The molecule has 0 aliphatic heterocycles. The number of fused-ring (bicyclic) bond motifs is 1. The number of aromatic amines is 1. The molecule has 2 rings (SSSR count). The van der Waals surface area contributed by atoms with Gasteiger partial charge in [-0.25, -0.2) is 9.97 Å². The highest BCUT2D eigenvalue weighted by Crippen LogP contribution is 1.97. The van der Waals surface area contributed by atoms with Crippen LogP contribution in [0.25, 0.3) is 11.0 Å². The van der Waals surface area contributed by atoms with Crippen LogP contribution in [0.4, 0.5) is 0 Å². The van der Waals surface area contributed by atoms with E-state index in [0.717, 1.165) is 0 Å². The molecule has 0 atom stereocenters. The van der Waals surface area contributed by atoms with Crippen molar-refractivity contribution in [2.45, 2.75) is 0 Å². The number of hydrogen-bond acceptors (Lipinski definition) is 3. The van der Waals surface area contributed by atoms with Crippen molar-refractivity contribution >= 4 is 11.0 Å². The molecule has 53 valence electrons. The van der Waals surface area contributed by atoms with E-state index >= 15 is 0 Å². The molecular weight excluding hydrogens is 142 g/mol. The van der Waals surface area contributed by atoms with E-state index in [-0.39, 0.29) is 5.56 Å². The molecule has 2 aromatic rings. The second kappa shape index (κ2) is 2.16. The van der Waals surface area contributed by atoms with Crippen LogP contribution in [0.3, 0.4) is 0 Å². The Bertz CT molecular complexity index is 429. The van der Waals surface area contributed by atoms with Crippen LogP contribution in [0.15, 0.2) is 23.1 Å². The predicted octanol–water partition coefficient (Wildman–Crippen LogP) is 0.118. The Kier molecular flexibility index (Phi) is 1.18. The summed E-state index contributed by atoms with van der Waals surface area (Å²) in [7, 11) is 0. The number of pyridine rings is 1. The van der Waals surface area contributed by atoms with Gasteiger partial charge < -0.3 is 4.98 Å². The second-order valence-electron chi connectivity index (χ2n) is 2.05. The monoisotopic (exact) mass is 146 g/mol. The van der Waals surface area contributed by atoms with E-state index < -0.39 is 0 Å². The van der Waals surface area contributed by atoms with Gasteiger partial charge in [-0.2, -0.15) is 0 Å². The summed E-state index contributed by atoms with van der Waals surface area (Å²) in [5.41, 5.74) is 0.665. The fourth-order valence-corrected chi connectivity index (χ4v) is 0.860. The van der Waals surface area contributed by atoms with Gasteiger partial charge in [-0.15, -0.1) is 0 Å². The highest BCUT2D eigenvalue weighted by atomic mass is 16.1. The maximum atomic E-state index is 11.0. The zero-order chi connectivity index (χ0) is 7.68. The number of aromatic nitrogens is 3. The fourth-order valence-electron chi connectivity index (χ4n) is 0.860. The van der Waals surface area contributed by atoms with Gasteiger partial charge in [0.1, 0.15) is 0 Å². The van der Waals surface area contributed by atoms with Crippen molar-refractivity contribution in [2.24, 2.45) is 0 Å². The van der Waals surface area contributed by atoms with Crippen molar-refractivity contribution in [3.8, 4) is 0 Å². The van der Waals surface area contributed by atoms with Crippen molar-refractivity contribution < 1.29 is 0 Å². The highest BCUT2D eigenvalue weighted by Gasteiger charge is 1.96. The van der Waals surface area contributed by atoms with E-state index in [2.05, 4.69) is 21.3 Å². The third-order valence-corrected chi connectivity index (χ3v) is 1.35. The Morgan fingerprint density at radius 1 is 1.55 bits per heavy atom. The number of rotatable bonds is 0. The number of nitrogens with one attached hydrogen (secondary N) is 1. The maximum absolute atomic E-state index is 11.0. The molecule has 2 heterocycles. The van der Waals surface area contributed by atoms with Crippen molar-refractivity contribution in [2.75, 3.05) is 0 Å². The first-order valence-corrected chi connectivity index (χ1v) is 3.09. The van der Waals surface area contributed by atoms with Crippen LogP contribution in [0.1, 0.15) is 0 Å². The molecular formula is C7H4N3O. The molecule has 0 bridgehead atoms. The number of hydrogen-bond donors (Lipinski definition) is 1. The minimum Gasteiger partial charge on any atom is -0.302 e. The third-order valence-electron chi connectivity index (χ3n) is 1.35. The van der Waals surface area contributed by atoms with Gasteiger partial charge in [0.15, 0.2) is 11.8 Å². The Labute approximate surface area is 61.9 Å². The zero-order valence-corrected chi connectivity index (χ0v) is 5.53. The second-order valence-corrected chi connectivity index (χ2v) is 2.05. The molecule has 0 amide bonds. The number of H-pyrrole nitrogens is 1. The molecule has 0 aliphatic carbocycles. The van der Waals surface area contributed by atoms with Crippen molar-refractivity contribution in [3.63, 3.8) is 0 Å². The topological polar surface area (TPSA) is 58.6 Å². The van der Waals surface area contributed by atoms with Crippen LogP contribution >= 0.6 is 0 Å². The molecule has 0 saturated carbocycles. The number of nitrogens with zero attached hydrogens (tertiary/aromatic N) is 2. The lowest BCUT2D eigenvalue weighted by Crippen LogP contribution is -2.07. The average molecular weight is 146 g/mol. The van der Waals surface area contributed by atoms with Crippen LogP contribution < -0.4 is 5.56 Å². The van der Waals surface area contributed by atoms with Crippen LogP contribution in [0.5, 0.6) is 0 Å². The van der Waals surface area contributed by atoms with E-state index in [1.54, 1.807) is 18.3 Å². The van der Waals surface area contributed by atoms with E-state index in [9.17, 15) is 4.79 Å². The normalized spacial score (nSPS) is 10.2. The first-order chi connectivity index (χ1) is 5.38. The largest absolute Gasteiger partial charge is 0.302 e. The van der Waals surface area contributed by atoms with Gasteiger partial charge in [0.2, 0.25) is 0 Å². The lowest BCUT2D eigenvalue weighted by molar-refractivity contribution is 1.13. The molecule has 0 fully saturated rings. The summed E-state index contributed by atoms with van der Waals surface area (Å²) in [5, 5.41) is 0. The Hall–Kier alpha value is -1.71. The van der Waals surface area contributed by atoms with Gasteiger partial charge in [0.25, 0.3) is 5.56 Å². The van der Waals surface area contributed by atoms with Crippen molar-refractivity contribution in [1.82, 2.24) is 15.0 Å². The fraction of sp³-hybridized carbons (Fsp3) is 0.